The van der Waals surface area contributed by atoms with Crippen molar-refractivity contribution < 1.29 is 4.74 Å². The molecule has 3 rings (SSSR count). The second-order valence-corrected chi connectivity index (χ2v) is 5.56. The van der Waals surface area contributed by atoms with Gasteiger partial charge in [-0.05, 0) is 25.0 Å². The summed E-state index contributed by atoms with van der Waals surface area (Å²) in [7, 11) is 1.69. The van der Waals surface area contributed by atoms with E-state index in [-0.39, 0.29) is 0 Å². The first-order valence-electron chi connectivity index (χ1n) is 6.12. The number of aromatic nitrogens is 1. The maximum absolute atomic E-state index is 5.83. The topological polar surface area (TPSA) is 48.1 Å². The molecule has 1 heterocycles. The molecule has 0 saturated heterocycles. The van der Waals surface area contributed by atoms with Crippen LogP contribution in [0.15, 0.2) is 29.6 Å². The van der Waals surface area contributed by atoms with Gasteiger partial charge in [-0.25, -0.2) is 4.98 Å². The molecule has 2 N–H and O–H groups in total. The van der Waals surface area contributed by atoms with Gasteiger partial charge in [-0.2, -0.15) is 0 Å². The minimum Gasteiger partial charge on any atom is -0.496 e. The summed E-state index contributed by atoms with van der Waals surface area (Å²) in [6, 6.07) is 8.37. The van der Waals surface area contributed by atoms with Crippen molar-refractivity contribution in [2.75, 3.05) is 7.11 Å². The Morgan fingerprint density at radius 2 is 2.11 bits per heavy atom. The molecule has 1 fully saturated rings. The van der Waals surface area contributed by atoms with Crippen LogP contribution in [-0.2, 0) is 0 Å². The summed E-state index contributed by atoms with van der Waals surface area (Å²) in [4.78, 5) is 4.73. The molecule has 0 bridgehead atoms. The fourth-order valence-electron chi connectivity index (χ4n) is 2.32. The summed E-state index contributed by atoms with van der Waals surface area (Å²) in [5, 5.41) is 3.18. The summed E-state index contributed by atoms with van der Waals surface area (Å²) in [5.74, 6) is 1.43. The van der Waals surface area contributed by atoms with Crippen LogP contribution in [0.5, 0.6) is 5.75 Å². The monoisotopic (exact) mass is 260 g/mol. The molecule has 94 valence electrons. The lowest BCUT2D eigenvalue weighted by molar-refractivity contribution is 0.346. The standard InChI is InChI=1S/C14H16N2OS/c1-17-13-5-3-2-4-11(13)14-16-12(8-18-14)9-6-10(15)7-9/h2-5,8-10H,6-7,15H2,1H3. The molecular weight excluding hydrogens is 244 g/mol. The lowest BCUT2D eigenvalue weighted by Gasteiger charge is -2.30. The molecule has 0 aliphatic heterocycles. The zero-order valence-electron chi connectivity index (χ0n) is 10.3. The maximum atomic E-state index is 5.83. The van der Waals surface area contributed by atoms with E-state index in [1.54, 1.807) is 18.4 Å². The van der Waals surface area contributed by atoms with E-state index in [9.17, 15) is 0 Å². The molecule has 0 atom stereocenters. The maximum Gasteiger partial charge on any atom is 0.129 e. The average molecular weight is 260 g/mol. The van der Waals surface area contributed by atoms with Crippen LogP contribution in [0, 0.1) is 0 Å². The molecule has 0 spiro atoms. The predicted molar refractivity (Wildman–Crippen MR) is 74.1 cm³/mol. The van der Waals surface area contributed by atoms with Gasteiger partial charge in [0.1, 0.15) is 10.8 Å². The number of ether oxygens (including phenoxy) is 1. The van der Waals surface area contributed by atoms with Gasteiger partial charge in [0, 0.05) is 17.3 Å². The Kier molecular flexibility index (Phi) is 3.06. The smallest absolute Gasteiger partial charge is 0.129 e. The first kappa shape index (κ1) is 11.7. The van der Waals surface area contributed by atoms with Crippen molar-refractivity contribution in [1.82, 2.24) is 4.98 Å². The molecule has 3 nitrogen and oxygen atoms in total. The van der Waals surface area contributed by atoms with Crippen LogP contribution in [0.1, 0.15) is 24.5 Å². The highest BCUT2D eigenvalue weighted by Crippen LogP contribution is 2.39. The van der Waals surface area contributed by atoms with Crippen molar-refractivity contribution >= 4 is 11.3 Å². The van der Waals surface area contributed by atoms with E-state index >= 15 is 0 Å². The quantitative estimate of drug-likeness (QED) is 0.922. The van der Waals surface area contributed by atoms with E-state index < -0.39 is 0 Å². The summed E-state index contributed by atoms with van der Waals surface area (Å²) in [6.45, 7) is 0. The SMILES string of the molecule is COc1ccccc1-c1nc(C2CC(N)C2)cs1. The van der Waals surface area contributed by atoms with Gasteiger partial charge >= 0.3 is 0 Å². The van der Waals surface area contributed by atoms with Crippen molar-refractivity contribution in [3.63, 3.8) is 0 Å². The highest BCUT2D eigenvalue weighted by molar-refractivity contribution is 7.13. The second kappa shape index (κ2) is 4.71. The molecule has 0 unspecified atom stereocenters. The first-order valence-corrected chi connectivity index (χ1v) is 7.00. The van der Waals surface area contributed by atoms with Crippen LogP contribution in [0.2, 0.25) is 0 Å². The van der Waals surface area contributed by atoms with Crippen molar-refractivity contribution in [3.05, 3.63) is 35.3 Å². The zero-order valence-corrected chi connectivity index (χ0v) is 11.1. The van der Waals surface area contributed by atoms with Crippen LogP contribution in [0.4, 0.5) is 0 Å². The van der Waals surface area contributed by atoms with E-state index in [2.05, 4.69) is 5.38 Å². The van der Waals surface area contributed by atoms with Gasteiger partial charge in [0.05, 0.1) is 18.4 Å². The van der Waals surface area contributed by atoms with Crippen LogP contribution in [0.25, 0.3) is 10.6 Å². The second-order valence-electron chi connectivity index (χ2n) is 4.71. The Morgan fingerprint density at radius 3 is 2.83 bits per heavy atom. The van der Waals surface area contributed by atoms with Gasteiger partial charge in [-0.1, -0.05) is 12.1 Å². The molecule has 4 heteroatoms. The van der Waals surface area contributed by atoms with Crippen molar-refractivity contribution in [2.45, 2.75) is 24.8 Å². The normalized spacial score (nSPS) is 22.6. The molecular formula is C14H16N2OS. The van der Waals surface area contributed by atoms with Crippen LogP contribution >= 0.6 is 11.3 Å². The van der Waals surface area contributed by atoms with Gasteiger partial charge in [0.2, 0.25) is 0 Å². The van der Waals surface area contributed by atoms with E-state index in [0.717, 1.165) is 29.2 Å². The van der Waals surface area contributed by atoms with Gasteiger partial charge in [0.15, 0.2) is 0 Å². The van der Waals surface area contributed by atoms with Crippen molar-refractivity contribution in [2.24, 2.45) is 5.73 Å². The largest absolute Gasteiger partial charge is 0.496 e. The molecule has 18 heavy (non-hydrogen) atoms. The molecule has 1 aromatic carbocycles. The number of hydrogen-bond donors (Lipinski definition) is 1. The Balaban J connectivity index is 1.88. The van der Waals surface area contributed by atoms with Crippen LogP contribution in [0.3, 0.4) is 0 Å². The molecule has 1 aliphatic carbocycles. The highest BCUT2D eigenvalue weighted by atomic mass is 32.1. The van der Waals surface area contributed by atoms with Crippen molar-refractivity contribution in [1.29, 1.82) is 0 Å². The number of rotatable bonds is 3. The minimum absolute atomic E-state index is 0.367. The van der Waals surface area contributed by atoms with E-state index in [1.807, 2.05) is 24.3 Å². The molecule has 1 aliphatic rings. The third kappa shape index (κ3) is 2.02. The lowest BCUT2D eigenvalue weighted by Crippen LogP contribution is -2.34. The summed E-state index contributed by atoms with van der Waals surface area (Å²) in [6.07, 6.45) is 2.13. The predicted octanol–water partition coefficient (Wildman–Crippen LogP) is 3.02. The van der Waals surface area contributed by atoms with Crippen molar-refractivity contribution in [3.8, 4) is 16.3 Å². The molecule has 0 amide bonds. The van der Waals surface area contributed by atoms with E-state index in [1.165, 1.54) is 5.69 Å². The first-order chi connectivity index (χ1) is 8.78. The third-order valence-electron chi connectivity index (χ3n) is 3.45. The highest BCUT2D eigenvalue weighted by Gasteiger charge is 2.29. The van der Waals surface area contributed by atoms with E-state index in [4.69, 9.17) is 15.5 Å². The fraction of sp³-hybridized carbons (Fsp3) is 0.357. The molecule has 0 radical (unpaired) electrons. The summed E-state index contributed by atoms with van der Waals surface area (Å²) >= 11 is 1.68. The molecule has 1 aromatic heterocycles. The zero-order chi connectivity index (χ0) is 12.5. The third-order valence-corrected chi connectivity index (χ3v) is 4.35. The number of hydrogen-bond acceptors (Lipinski definition) is 4. The van der Waals surface area contributed by atoms with Gasteiger partial charge < -0.3 is 10.5 Å². The van der Waals surface area contributed by atoms with Crippen LogP contribution < -0.4 is 10.5 Å². The number of benzene rings is 1. The average Bonchev–Trinajstić information content (AvgIpc) is 2.84. The Bertz CT molecular complexity index is 546. The lowest BCUT2D eigenvalue weighted by atomic mass is 9.79. The number of nitrogens with two attached hydrogens (primary N) is 1. The molecule has 1 saturated carbocycles. The van der Waals surface area contributed by atoms with Gasteiger partial charge in [-0.3, -0.25) is 0 Å². The summed E-state index contributed by atoms with van der Waals surface area (Å²) in [5.41, 5.74) is 8.08. The molecule has 2 aromatic rings. The van der Waals surface area contributed by atoms with Crippen LogP contribution in [-0.4, -0.2) is 18.1 Å². The number of methoxy groups -OCH3 is 1. The Labute approximate surface area is 111 Å². The Morgan fingerprint density at radius 1 is 1.33 bits per heavy atom. The number of para-hydroxylation sites is 1. The fourth-order valence-corrected chi connectivity index (χ4v) is 3.25. The summed E-state index contributed by atoms with van der Waals surface area (Å²) < 4.78 is 5.37. The minimum atomic E-state index is 0.367. The Hall–Kier alpha value is -1.39. The van der Waals surface area contributed by atoms with Gasteiger partial charge in [-0.15, -0.1) is 11.3 Å². The number of thiazole rings is 1. The number of nitrogens with zero attached hydrogens (tertiary/aromatic N) is 1. The van der Waals surface area contributed by atoms with Gasteiger partial charge in [0.25, 0.3) is 0 Å². The van der Waals surface area contributed by atoms with E-state index in [0.29, 0.717) is 12.0 Å².